The van der Waals surface area contributed by atoms with E-state index in [4.69, 9.17) is 27.9 Å². The fraction of sp³-hybridized carbons (Fsp3) is 0.353. The van der Waals surface area contributed by atoms with Crippen LogP contribution in [0.1, 0.15) is 5.56 Å². The minimum absolute atomic E-state index is 0.0527. The Morgan fingerprint density at radius 2 is 2.03 bits per heavy atom. The maximum absolute atomic E-state index is 12.5. The molecule has 0 spiro atoms. The van der Waals surface area contributed by atoms with Crippen LogP contribution in [0.4, 0.5) is 5.95 Å². The number of nitrogens with one attached hydrogen (secondary N) is 2. The van der Waals surface area contributed by atoms with Crippen LogP contribution in [-0.4, -0.2) is 53.4 Å². The van der Waals surface area contributed by atoms with Crippen LogP contribution in [0.2, 0.25) is 10.0 Å². The van der Waals surface area contributed by atoms with Gasteiger partial charge in [0, 0.05) is 12.8 Å². The van der Waals surface area contributed by atoms with Crippen molar-refractivity contribution in [3.8, 4) is 0 Å². The van der Waals surface area contributed by atoms with Gasteiger partial charge in [-0.15, -0.1) is 0 Å². The summed E-state index contributed by atoms with van der Waals surface area (Å²) in [5.41, 5.74) is 1.28. The molecule has 0 atom stereocenters. The Bertz CT molecular complexity index is 1180. The summed E-state index contributed by atoms with van der Waals surface area (Å²) >= 11 is 11.9. The van der Waals surface area contributed by atoms with Crippen LogP contribution in [0, 0.1) is 0 Å². The highest BCUT2D eigenvalue weighted by Crippen LogP contribution is 2.22. The summed E-state index contributed by atoms with van der Waals surface area (Å²) in [7, 11) is -3.07. The number of anilines is 1. The lowest BCUT2D eigenvalue weighted by Gasteiger charge is -2.07. The highest BCUT2D eigenvalue weighted by molar-refractivity contribution is 7.90. The average molecular weight is 460 g/mol. The predicted molar refractivity (Wildman–Crippen MR) is 112 cm³/mol. The molecule has 0 bridgehead atoms. The van der Waals surface area contributed by atoms with Crippen molar-refractivity contribution in [2.75, 3.05) is 30.5 Å². The van der Waals surface area contributed by atoms with Crippen LogP contribution in [-0.2, 0) is 27.7 Å². The maximum Gasteiger partial charge on any atom is 0.278 e. The van der Waals surface area contributed by atoms with Crippen LogP contribution in [0.15, 0.2) is 29.2 Å². The Kier molecular flexibility index (Phi) is 6.78. The zero-order valence-electron chi connectivity index (χ0n) is 15.5. The van der Waals surface area contributed by atoms with Gasteiger partial charge in [-0.25, -0.2) is 13.4 Å². The summed E-state index contributed by atoms with van der Waals surface area (Å²) in [5, 5.41) is 8.11. The summed E-state index contributed by atoms with van der Waals surface area (Å²) in [4.78, 5) is 19.5. The Hall–Kier alpha value is -2.14. The normalized spacial score (nSPS) is 11.8. The van der Waals surface area contributed by atoms with Crippen LogP contribution in [0.25, 0.3) is 11.0 Å². The lowest BCUT2D eigenvalue weighted by molar-refractivity contribution is 0.138. The second-order valence-electron chi connectivity index (χ2n) is 6.36. The number of benzene rings is 1. The first-order chi connectivity index (χ1) is 13.7. The number of sulfone groups is 1. The molecule has 0 fully saturated rings. The van der Waals surface area contributed by atoms with E-state index >= 15 is 0 Å². The van der Waals surface area contributed by atoms with Crippen molar-refractivity contribution in [3.05, 3.63) is 50.4 Å². The summed E-state index contributed by atoms with van der Waals surface area (Å²) in [6.07, 6.45) is 2.64. The van der Waals surface area contributed by atoms with Crippen LogP contribution < -0.4 is 10.9 Å². The average Bonchev–Trinajstić information content (AvgIpc) is 3.05. The quantitative estimate of drug-likeness (QED) is 0.470. The van der Waals surface area contributed by atoms with Crippen LogP contribution in [0.3, 0.4) is 0 Å². The van der Waals surface area contributed by atoms with Crippen molar-refractivity contribution < 1.29 is 13.2 Å². The molecule has 3 rings (SSSR count). The largest absolute Gasteiger partial charge is 0.378 e. The fourth-order valence-electron chi connectivity index (χ4n) is 2.56. The number of nitrogens with zero attached hydrogens (tertiary/aromatic N) is 3. The van der Waals surface area contributed by atoms with E-state index in [0.29, 0.717) is 40.1 Å². The molecule has 0 unspecified atom stereocenters. The first-order valence-electron chi connectivity index (χ1n) is 8.62. The molecule has 0 aliphatic carbocycles. The van der Waals surface area contributed by atoms with E-state index < -0.39 is 9.84 Å². The van der Waals surface area contributed by atoms with E-state index in [2.05, 4.69) is 20.4 Å². The van der Waals surface area contributed by atoms with Gasteiger partial charge in [-0.3, -0.25) is 14.5 Å². The number of ether oxygens (including phenoxy) is 1. The van der Waals surface area contributed by atoms with E-state index in [-0.39, 0.29) is 24.5 Å². The Balaban J connectivity index is 1.64. The first kappa shape index (κ1) is 21.6. The number of hydrogen-bond donors (Lipinski definition) is 2. The van der Waals surface area contributed by atoms with Gasteiger partial charge < -0.3 is 10.1 Å². The van der Waals surface area contributed by atoms with E-state index in [1.807, 2.05) is 6.07 Å². The molecule has 2 aromatic heterocycles. The zero-order valence-corrected chi connectivity index (χ0v) is 17.8. The molecule has 2 heterocycles. The highest BCUT2D eigenvalue weighted by atomic mass is 35.5. The number of aromatic nitrogens is 4. The van der Waals surface area contributed by atoms with Gasteiger partial charge in [0.05, 0.1) is 41.8 Å². The number of H-pyrrole nitrogens is 1. The third-order valence-corrected chi connectivity index (χ3v) is 5.64. The van der Waals surface area contributed by atoms with Crippen molar-refractivity contribution in [1.82, 2.24) is 19.7 Å². The van der Waals surface area contributed by atoms with E-state index in [9.17, 15) is 13.2 Å². The molecule has 0 aliphatic rings. The summed E-state index contributed by atoms with van der Waals surface area (Å²) in [6, 6.07) is 5.25. The number of fused-ring (bicyclic) bond motifs is 1. The van der Waals surface area contributed by atoms with Gasteiger partial charge in [0.2, 0.25) is 5.95 Å². The fourth-order valence-corrected chi connectivity index (χ4v) is 3.30. The second-order valence-corrected chi connectivity index (χ2v) is 9.43. The van der Waals surface area contributed by atoms with Crippen molar-refractivity contribution in [2.24, 2.45) is 0 Å². The lowest BCUT2D eigenvalue weighted by atomic mass is 10.2. The van der Waals surface area contributed by atoms with Crippen LogP contribution >= 0.6 is 23.2 Å². The molecule has 29 heavy (non-hydrogen) atoms. The van der Waals surface area contributed by atoms with Gasteiger partial charge in [0.15, 0.2) is 5.52 Å². The molecule has 2 N–H and O–H groups in total. The number of hydrogen-bond acceptors (Lipinski definition) is 7. The smallest absolute Gasteiger partial charge is 0.278 e. The Morgan fingerprint density at radius 1 is 1.24 bits per heavy atom. The standard InChI is InChI=1S/C17H19Cl2N5O4S/c1-29(26,27)7-6-28-5-4-24-15-14(10-21-24)22-17(23-16(15)25)20-9-11-2-3-12(18)13(19)8-11/h2-3,8,10H,4-7,9H2,1H3,(H2,20,22,23,25). The van der Waals surface area contributed by atoms with E-state index in [1.165, 1.54) is 10.9 Å². The van der Waals surface area contributed by atoms with Gasteiger partial charge in [-0.1, -0.05) is 29.3 Å². The zero-order chi connectivity index (χ0) is 21.0. The van der Waals surface area contributed by atoms with Gasteiger partial charge in [0.25, 0.3) is 5.56 Å². The number of rotatable bonds is 9. The minimum Gasteiger partial charge on any atom is -0.378 e. The van der Waals surface area contributed by atoms with E-state index in [1.54, 1.807) is 12.1 Å². The third kappa shape index (κ3) is 5.92. The SMILES string of the molecule is CS(=O)(=O)CCOCCn1ncc2nc(NCc3ccc(Cl)c(Cl)c3)[nH]c(=O)c21. The second kappa shape index (κ2) is 9.12. The van der Waals surface area contributed by atoms with Crippen molar-refractivity contribution in [2.45, 2.75) is 13.1 Å². The predicted octanol–water partition coefficient (Wildman–Crippen LogP) is 2.10. The molecule has 156 valence electrons. The molecule has 0 saturated carbocycles. The third-order valence-electron chi connectivity index (χ3n) is 3.99. The van der Waals surface area contributed by atoms with Gasteiger partial charge >= 0.3 is 0 Å². The Labute approximate surface area is 176 Å². The molecule has 12 heteroatoms. The lowest BCUT2D eigenvalue weighted by Crippen LogP contribution is -2.18. The van der Waals surface area contributed by atoms with Crippen molar-refractivity contribution in [1.29, 1.82) is 0 Å². The summed E-state index contributed by atoms with van der Waals surface area (Å²) in [5.74, 6) is 0.251. The summed E-state index contributed by atoms with van der Waals surface area (Å²) < 4.78 is 28.9. The molecule has 9 nitrogen and oxygen atoms in total. The minimum atomic E-state index is -3.07. The van der Waals surface area contributed by atoms with Gasteiger partial charge in [-0.05, 0) is 17.7 Å². The molecule has 1 aromatic carbocycles. The molecule has 3 aromatic rings. The molecule has 0 radical (unpaired) electrons. The molecule has 0 aliphatic heterocycles. The molecular formula is C17H19Cl2N5O4S. The molecular weight excluding hydrogens is 441 g/mol. The van der Waals surface area contributed by atoms with Gasteiger partial charge in [-0.2, -0.15) is 5.10 Å². The monoisotopic (exact) mass is 459 g/mol. The van der Waals surface area contributed by atoms with Gasteiger partial charge in [0.1, 0.15) is 15.4 Å². The Morgan fingerprint density at radius 3 is 2.76 bits per heavy atom. The number of aromatic amines is 1. The maximum atomic E-state index is 12.5. The highest BCUT2D eigenvalue weighted by Gasteiger charge is 2.11. The van der Waals surface area contributed by atoms with E-state index in [0.717, 1.165) is 11.8 Å². The van der Waals surface area contributed by atoms with Crippen LogP contribution in [0.5, 0.6) is 0 Å². The molecule has 0 saturated heterocycles. The topological polar surface area (TPSA) is 119 Å². The first-order valence-corrected chi connectivity index (χ1v) is 11.4. The number of halogens is 2. The molecule has 0 amide bonds. The van der Waals surface area contributed by atoms with Crippen molar-refractivity contribution >= 4 is 50.0 Å². The summed E-state index contributed by atoms with van der Waals surface area (Å²) in [6.45, 7) is 1.01. The van der Waals surface area contributed by atoms with Crippen molar-refractivity contribution in [3.63, 3.8) is 0 Å².